The van der Waals surface area contributed by atoms with Crippen molar-refractivity contribution in [3.05, 3.63) is 59.4 Å². The summed E-state index contributed by atoms with van der Waals surface area (Å²) in [6.07, 6.45) is 6.93. The Kier molecular flexibility index (Phi) is 5.10. The summed E-state index contributed by atoms with van der Waals surface area (Å²) in [5.41, 5.74) is 3.34. The Balaban J connectivity index is 1.44. The summed E-state index contributed by atoms with van der Waals surface area (Å²) in [5, 5.41) is 12.7. The first-order chi connectivity index (χ1) is 13.2. The molecule has 0 atom stereocenters. The molecule has 1 aromatic heterocycles. The van der Waals surface area contributed by atoms with Crippen LogP contribution in [0.1, 0.15) is 53.8 Å². The van der Waals surface area contributed by atoms with Crippen molar-refractivity contribution in [1.82, 2.24) is 15.3 Å². The number of hydrogen-bond donors (Lipinski definition) is 3. The number of H-pyrrole nitrogens is 1. The summed E-state index contributed by atoms with van der Waals surface area (Å²) >= 11 is 0. The van der Waals surface area contributed by atoms with E-state index in [-0.39, 0.29) is 11.7 Å². The average Bonchev–Trinajstić information content (AvgIpc) is 3.08. The predicted molar refractivity (Wildman–Crippen MR) is 106 cm³/mol. The largest absolute Gasteiger partial charge is 0.508 e. The fourth-order valence-corrected chi connectivity index (χ4v) is 3.88. The summed E-state index contributed by atoms with van der Waals surface area (Å²) < 4.78 is 0. The van der Waals surface area contributed by atoms with Crippen molar-refractivity contribution in [2.75, 3.05) is 6.54 Å². The number of carbonyl (C=O) groups is 1. The molecule has 27 heavy (non-hydrogen) atoms. The minimum Gasteiger partial charge on any atom is -0.508 e. The molecule has 5 nitrogen and oxygen atoms in total. The van der Waals surface area contributed by atoms with Crippen molar-refractivity contribution in [2.45, 2.75) is 38.5 Å². The molecule has 3 aromatic rings. The Labute approximate surface area is 158 Å². The van der Waals surface area contributed by atoms with E-state index < -0.39 is 0 Å². The van der Waals surface area contributed by atoms with Crippen molar-refractivity contribution in [3.8, 4) is 5.75 Å². The summed E-state index contributed by atoms with van der Waals surface area (Å²) in [5.74, 6) is 1.66. The molecule has 2 aromatic carbocycles. The first-order valence-corrected chi connectivity index (χ1v) is 9.72. The van der Waals surface area contributed by atoms with E-state index in [1.54, 1.807) is 12.1 Å². The number of hydrogen-bond acceptors (Lipinski definition) is 3. The molecule has 0 bridgehead atoms. The Morgan fingerprint density at radius 1 is 1.15 bits per heavy atom. The van der Waals surface area contributed by atoms with Gasteiger partial charge in [-0.3, -0.25) is 4.79 Å². The smallest absolute Gasteiger partial charge is 0.251 e. The number of phenolic OH excluding ortho intramolecular Hbond substituents is 1. The number of benzene rings is 2. The molecule has 0 aliphatic heterocycles. The van der Waals surface area contributed by atoms with Gasteiger partial charge in [0.05, 0.1) is 11.0 Å². The van der Waals surface area contributed by atoms with Gasteiger partial charge in [-0.15, -0.1) is 0 Å². The molecule has 1 heterocycles. The molecule has 0 unspecified atom stereocenters. The Morgan fingerprint density at radius 3 is 2.81 bits per heavy atom. The highest BCUT2D eigenvalue weighted by atomic mass is 16.3. The summed E-state index contributed by atoms with van der Waals surface area (Å²) in [7, 11) is 0. The Morgan fingerprint density at radius 2 is 2.00 bits per heavy atom. The zero-order chi connectivity index (χ0) is 18.6. The topological polar surface area (TPSA) is 78.0 Å². The second-order valence-corrected chi connectivity index (χ2v) is 7.48. The summed E-state index contributed by atoms with van der Waals surface area (Å²) in [4.78, 5) is 20.4. The number of phenols is 1. The first-order valence-electron chi connectivity index (χ1n) is 9.72. The number of aromatic amines is 1. The van der Waals surface area contributed by atoms with Crippen LogP contribution in [0.15, 0.2) is 42.5 Å². The lowest BCUT2D eigenvalue weighted by molar-refractivity contribution is 0.0943. The number of carbonyl (C=O) groups excluding carboxylic acids is 1. The van der Waals surface area contributed by atoms with E-state index in [1.807, 2.05) is 30.3 Å². The molecular formula is C22H25N3O2. The van der Waals surface area contributed by atoms with Crippen LogP contribution >= 0.6 is 0 Å². The number of rotatable bonds is 5. The normalized spacial score (nSPS) is 15.1. The number of imidazole rings is 1. The van der Waals surface area contributed by atoms with E-state index >= 15 is 0 Å². The molecule has 0 spiro atoms. The van der Waals surface area contributed by atoms with Gasteiger partial charge in [0.1, 0.15) is 11.6 Å². The van der Waals surface area contributed by atoms with Gasteiger partial charge in [0.25, 0.3) is 5.91 Å². The van der Waals surface area contributed by atoms with Gasteiger partial charge < -0.3 is 15.4 Å². The molecule has 140 valence electrons. The van der Waals surface area contributed by atoms with Gasteiger partial charge in [0, 0.05) is 18.5 Å². The van der Waals surface area contributed by atoms with Gasteiger partial charge in [-0.25, -0.2) is 4.98 Å². The lowest BCUT2D eigenvalue weighted by Crippen LogP contribution is -2.30. The average molecular weight is 363 g/mol. The third-order valence-corrected chi connectivity index (χ3v) is 5.35. The number of nitrogens with zero attached hydrogens (tertiary/aromatic N) is 1. The van der Waals surface area contributed by atoms with E-state index in [0.29, 0.717) is 17.9 Å². The molecule has 1 saturated carbocycles. The van der Waals surface area contributed by atoms with Gasteiger partial charge in [-0.1, -0.05) is 31.4 Å². The molecule has 1 fully saturated rings. The molecule has 4 rings (SSSR count). The fourth-order valence-electron chi connectivity index (χ4n) is 3.88. The zero-order valence-electron chi connectivity index (χ0n) is 15.4. The molecule has 1 amide bonds. The number of fused-ring (bicyclic) bond motifs is 1. The standard InChI is InChI=1S/C22H25N3O2/c26-18-8-4-7-16(11-18)12-21-24-19-10-9-17(13-20(19)25-21)22(27)23-14-15-5-2-1-3-6-15/h4,7-11,13,15,26H,1-3,5-6,12,14H2,(H,23,27)(H,24,25). The van der Waals surface area contributed by atoms with Crippen molar-refractivity contribution >= 4 is 16.9 Å². The number of amides is 1. The highest BCUT2D eigenvalue weighted by molar-refractivity contribution is 5.97. The van der Waals surface area contributed by atoms with Gasteiger partial charge >= 0.3 is 0 Å². The van der Waals surface area contributed by atoms with Gasteiger partial charge in [-0.2, -0.15) is 0 Å². The molecule has 0 saturated heterocycles. The third kappa shape index (κ3) is 4.30. The number of aromatic hydroxyl groups is 1. The van der Waals surface area contributed by atoms with Crippen molar-refractivity contribution in [1.29, 1.82) is 0 Å². The van der Waals surface area contributed by atoms with Crippen LogP contribution in [0.4, 0.5) is 0 Å². The Hall–Kier alpha value is -2.82. The van der Waals surface area contributed by atoms with Crippen molar-refractivity contribution < 1.29 is 9.90 Å². The van der Waals surface area contributed by atoms with Crippen LogP contribution in [-0.4, -0.2) is 27.5 Å². The van der Waals surface area contributed by atoms with E-state index in [4.69, 9.17) is 0 Å². The quantitative estimate of drug-likeness (QED) is 0.637. The first kappa shape index (κ1) is 17.6. The maximum atomic E-state index is 12.5. The van der Waals surface area contributed by atoms with E-state index in [1.165, 1.54) is 32.1 Å². The summed E-state index contributed by atoms with van der Waals surface area (Å²) in [6.45, 7) is 0.766. The minimum atomic E-state index is -0.0217. The highest BCUT2D eigenvalue weighted by Gasteiger charge is 2.15. The van der Waals surface area contributed by atoms with Gasteiger partial charge in [0.2, 0.25) is 0 Å². The van der Waals surface area contributed by atoms with Crippen LogP contribution in [0.25, 0.3) is 11.0 Å². The molecular weight excluding hydrogens is 338 g/mol. The second-order valence-electron chi connectivity index (χ2n) is 7.48. The maximum Gasteiger partial charge on any atom is 0.251 e. The van der Waals surface area contributed by atoms with Crippen LogP contribution in [-0.2, 0) is 6.42 Å². The molecule has 5 heteroatoms. The van der Waals surface area contributed by atoms with Gasteiger partial charge in [0.15, 0.2) is 0 Å². The lowest BCUT2D eigenvalue weighted by atomic mass is 9.89. The predicted octanol–water partition coefficient (Wildman–Crippen LogP) is 4.17. The molecule has 1 aliphatic rings. The minimum absolute atomic E-state index is 0.0217. The van der Waals surface area contributed by atoms with Crippen LogP contribution in [0.5, 0.6) is 5.75 Å². The number of aromatic nitrogens is 2. The summed E-state index contributed by atoms with van der Waals surface area (Å²) in [6, 6.07) is 12.7. The van der Waals surface area contributed by atoms with E-state index in [2.05, 4.69) is 15.3 Å². The van der Waals surface area contributed by atoms with Crippen LogP contribution in [0.2, 0.25) is 0 Å². The zero-order valence-corrected chi connectivity index (χ0v) is 15.4. The molecule has 0 radical (unpaired) electrons. The number of nitrogens with one attached hydrogen (secondary N) is 2. The van der Waals surface area contributed by atoms with Crippen molar-refractivity contribution in [3.63, 3.8) is 0 Å². The van der Waals surface area contributed by atoms with Crippen molar-refractivity contribution in [2.24, 2.45) is 5.92 Å². The maximum absolute atomic E-state index is 12.5. The monoisotopic (exact) mass is 363 g/mol. The fraction of sp³-hybridized carbons (Fsp3) is 0.364. The van der Waals surface area contributed by atoms with Crippen LogP contribution in [0, 0.1) is 5.92 Å². The second kappa shape index (κ2) is 7.82. The van der Waals surface area contributed by atoms with E-state index in [0.717, 1.165) is 29.0 Å². The van der Waals surface area contributed by atoms with Crippen LogP contribution < -0.4 is 5.32 Å². The van der Waals surface area contributed by atoms with E-state index in [9.17, 15) is 9.90 Å². The van der Waals surface area contributed by atoms with Crippen LogP contribution in [0.3, 0.4) is 0 Å². The third-order valence-electron chi connectivity index (χ3n) is 5.35. The highest BCUT2D eigenvalue weighted by Crippen LogP contribution is 2.23. The Bertz CT molecular complexity index is 942. The molecule has 3 N–H and O–H groups in total. The lowest BCUT2D eigenvalue weighted by Gasteiger charge is -2.21. The SMILES string of the molecule is O=C(NCC1CCCCC1)c1ccc2nc(Cc3cccc(O)c3)[nH]c2c1. The van der Waals surface area contributed by atoms with Gasteiger partial charge in [-0.05, 0) is 54.7 Å². The molecule has 1 aliphatic carbocycles.